The summed E-state index contributed by atoms with van der Waals surface area (Å²) in [6.07, 6.45) is 0.714. The first-order valence-electron chi connectivity index (χ1n) is 4.35. The van der Waals surface area contributed by atoms with Gasteiger partial charge in [-0.2, -0.15) is 0 Å². The Labute approximate surface area is 81.1 Å². The Morgan fingerprint density at radius 2 is 2.43 bits per heavy atom. The largest absolute Gasteiger partial charge is 0.493 e. The van der Waals surface area contributed by atoms with Gasteiger partial charge in [0.2, 0.25) is 0 Å². The topological polar surface area (TPSA) is 55.8 Å². The normalized spacial score (nSPS) is 13.2. The van der Waals surface area contributed by atoms with E-state index in [1.807, 2.05) is 6.07 Å². The molecular formula is C10H10O4. The summed E-state index contributed by atoms with van der Waals surface area (Å²) in [4.78, 5) is 11.4. The number of benzene rings is 1. The predicted molar refractivity (Wildman–Crippen MR) is 48.1 cm³/mol. The molecule has 0 spiro atoms. The fourth-order valence-electron chi connectivity index (χ4n) is 1.55. The van der Waals surface area contributed by atoms with Crippen molar-refractivity contribution in [2.75, 3.05) is 13.4 Å². The number of aliphatic hydroxyl groups is 1. The Morgan fingerprint density at radius 1 is 1.57 bits per heavy atom. The highest BCUT2D eigenvalue weighted by molar-refractivity contribution is 5.92. The van der Waals surface area contributed by atoms with Gasteiger partial charge in [-0.25, -0.2) is 4.79 Å². The lowest BCUT2D eigenvalue weighted by atomic mass is 10.1. The summed E-state index contributed by atoms with van der Waals surface area (Å²) in [5.74, 6) is 0.229. The maximum Gasteiger partial charge on any atom is 0.340 e. The van der Waals surface area contributed by atoms with Gasteiger partial charge in [0.25, 0.3) is 0 Å². The summed E-state index contributed by atoms with van der Waals surface area (Å²) < 4.78 is 9.81. The number of carbonyl (C=O) groups is 1. The summed E-state index contributed by atoms with van der Waals surface area (Å²) in [6, 6.07) is 5.22. The van der Waals surface area contributed by atoms with E-state index in [4.69, 9.17) is 9.84 Å². The van der Waals surface area contributed by atoms with Crippen molar-refractivity contribution in [3.05, 3.63) is 29.3 Å². The first-order chi connectivity index (χ1) is 6.83. The third-order valence-electron chi connectivity index (χ3n) is 2.16. The SMILES string of the molecule is O=C(OCO)c1cccc2c1CCO2. The summed E-state index contributed by atoms with van der Waals surface area (Å²) in [7, 11) is 0. The van der Waals surface area contributed by atoms with E-state index in [9.17, 15) is 4.79 Å². The van der Waals surface area contributed by atoms with E-state index in [-0.39, 0.29) is 0 Å². The molecule has 1 aromatic carbocycles. The molecular weight excluding hydrogens is 184 g/mol. The van der Waals surface area contributed by atoms with Gasteiger partial charge in [-0.1, -0.05) is 6.07 Å². The van der Waals surface area contributed by atoms with Crippen molar-refractivity contribution in [1.82, 2.24) is 0 Å². The molecule has 1 aliphatic heterocycles. The van der Waals surface area contributed by atoms with E-state index < -0.39 is 12.8 Å². The van der Waals surface area contributed by atoms with Crippen LogP contribution in [0.5, 0.6) is 5.75 Å². The van der Waals surface area contributed by atoms with Crippen LogP contribution in [0.3, 0.4) is 0 Å². The number of hydrogen-bond donors (Lipinski definition) is 1. The monoisotopic (exact) mass is 194 g/mol. The molecule has 0 unspecified atom stereocenters. The number of rotatable bonds is 2. The first-order valence-corrected chi connectivity index (χ1v) is 4.35. The van der Waals surface area contributed by atoms with Gasteiger partial charge in [-0.3, -0.25) is 0 Å². The predicted octanol–water partition coefficient (Wildman–Crippen LogP) is 0.728. The van der Waals surface area contributed by atoms with Crippen molar-refractivity contribution in [1.29, 1.82) is 0 Å². The van der Waals surface area contributed by atoms with Crippen molar-refractivity contribution in [3.8, 4) is 5.75 Å². The van der Waals surface area contributed by atoms with E-state index in [1.54, 1.807) is 12.1 Å². The zero-order valence-electron chi connectivity index (χ0n) is 7.53. The van der Waals surface area contributed by atoms with E-state index in [0.29, 0.717) is 18.6 Å². The zero-order valence-corrected chi connectivity index (χ0v) is 7.53. The van der Waals surface area contributed by atoms with Crippen molar-refractivity contribution >= 4 is 5.97 Å². The molecule has 0 saturated carbocycles. The zero-order chi connectivity index (χ0) is 9.97. The van der Waals surface area contributed by atoms with E-state index in [1.165, 1.54) is 0 Å². The van der Waals surface area contributed by atoms with Gasteiger partial charge in [0, 0.05) is 12.0 Å². The van der Waals surface area contributed by atoms with Crippen molar-refractivity contribution < 1.29 is 19.4 Å². The van der Waals surface area contributed by atoms with Crippen molar-refractivity contribution in [2.24, 2.45) is 0 Å². The van der Waals surface area contributed by atoms with Crippen molar-refractivity contribution in [2.45, 2.75) is 6.42 Å². The van der Waals surface area contributed by atoms with Gasteiger partial charge in [0.05, 0.1) is 12.2 Å². The van der Waals surface area contributed by atoms with Gasteiger partial charge in [-0.05, 0) is 12.1 Å². The second-order valence-corrected chi connectivity index (χ2v) is 2.94. The lowest BCUT2D eigenvalue weighted by molar-refractivity contribution is 0.00675. The van der Waals surface area contributed by atoms with Gasteiger partial charge >= 0.3 is 5.97 Å². The average Bonchev–Trinajstić information content (AvgIpc) is 2.65. The summed E-state index contributed by atoms with van der Waals surface area (Å²) in [5, 5.41) is 8.47. The van der Waals surface area contributed by atoms with Crippen molar-refractivity contribution in [3.63, 3.8) is 0 Å². The lowest BCUT2D eigenvalue weighted by Gasteiger charge is -2.05. The molecule has 2 rings (SSSR count). The third kappa shape index (κ3) is 1.44. The molecule has 0 fully saturated rings. The van der Waals surface area contributed by atoms with Crippen LogP contribution < -0.4 is 4.74 Å². The number of hydrogen-bond acceptors (Lipinski definition) is 4. The third-order valence-corrected chi connectivity index (χ3v) is 2.16. The molecule has 0 bridgehead atoms. The summed E-state index contributed by atoms with van der Waals surface area (Å²) >= 11 is 0. The van der Waals surface area contributed by atoms with Crippen LogP contribution in [0.1, 0.15) is 15.9 Å². The van der Waals surface area contributed by atoms with Crippen LogP contribution >= 0.6 is 0 Å². The number of aliphatic hydroxyl groups excluding tert-OH is 1. The molecule has 0 aliphatic carbocycles. The molecule has 4 nitrogen and oxygen atoms in total. The van der Waals surface area contributed by atoms with Crippen LogP contribution in [-0.2, 0) is 11.2 Å². The molecule has 0 radical (unpaired) electrons. The van der Waals surface area contributed by atoms with Crippen LogP contribution in [0.15, 0.2) is 18.2 Å². The Morgan fingerprint density at radius 3 is 3.21 bits per heavy atom. The highest BCUT2D eigenvalue weighted by Gasteiger charge is 2.20. The molecule has 0 saturated heterocycles. The maximum atomic E-state index is 11.4. The standard InChI is InChI=1S/C10H10O4/c11-6-14-10(12)8-2-1-3-9-7(8)4-5-13-9/h1-3,11H,4-6H2. The Hall–Kier alpha value is -1.55. The molecule has 0 amide bonds. The van der Waals surface area contributed by atoms with Gasteiger partial charge < -0.3 is 14.6 Å². The molecule has 4 heteroatoms. The summed E-state index contributed by atoms with van der Waals surface area (Å²) in [6.45, 7) is 0.00209. The molecule has 0 aromatic heterocycles. The second kappa shape index (κ2) is 3.67. The lowest BCUT2D eigenvalue weighted by Crippen LogP contribution is -2.08. The highest BCUT2D eigenvalue weighted by atomic mass is 16.6. The Kier molecular flexibility index (Phi) is 2.37. The quantitative estimate of drug-likeness (QED) is 0.557. The number of ether oxygens (including phenoxy) is 2. The van der Waals surface area contributed by atoms with Gasteiger partial charge in [-0.15, -0.1) is 0 Å². The van der Waals surface area contributed by atoms with Crippen LogP contribution in [0.25, 0.3) is 0 Å². The van der Waals surface area contributed by atoms with E-state index in [0.717, 1.165) is 11.3 Å². The van der Waals surface area contributed by atoms with E-state index >= 15 is 0 Å². The Balaban J connectivity index is 2.34. The fourth-order valence-corrected chi connectivity index (χ4v) is 1.55. The molecule has 1 aromatic rings. The molecule has 1 N–H and O–H groups in total. The minimum Gasteiger partial charge on any atom is -0.493 e. The average molecular weight is 194 g/mol. The fraction of sp³-hybridized carbons (Fsp3) is 0.300. The van der Waals surface area contributed by atoms with Crippen LogP contribution in [0, 0.1) is 0 Å². The van der Waals surface area contributed by atoms with Gasteiger partial charge in [0.1, 0.15) is 5.75 Å². The smallest absolute Gasteiger partial charge is 0.340 e. The Bertz CT molecular complexity index is 359. The first kappa shape index (κ1) is 9.02. The molecule has 0 atom stereocenters. The molecule has 14 heavy (non-hydrogen) atoms. The molecule has 74 valence electrons. The minimum absolute atomic E-state index is 0.481. The van der Waals surface area contributed by atoms with Crippen LogP contribution in [0.2, 0.25) is 0 Å². The van der Waals surface area contributed by atoms with Gasteiger partial charge in [0.15, 0.2) is 6.79 Å². The number of esters is 1. The second-order valence-electron chi connectivity index (χ2n) is 2.94. The van der Waals surface area contributed by atoms with Crippen LogP contribution in [0.4, 0.5) is 0 Å². The molecule has 1 aliphatic rings. The number of fused-ring (bicyclic) bond motifs is 1. The maximum absolute atomic E-state index is 11.4. The minimum atomic E-state index is -0.594. The van der Waals surface area contributed by atoms with Crippen LogP contribution in [-0.4, -0.2) is 24.5 Å². The number of carbonyl (C=O) groups excluding carboxylic acids is 1. The highest BCUT2D eigenvalue weighted by Crippen LogP contribution is 2.28. The molecule has 1 heterocycles. The van der Waals surface area contributed by atoms with E-state index in [2.05, 4.69) is 4.74 Å². The summed E-state index contributed by atoms with van der Waals surface area (Å²) in [5.41, 5.74) is 1.35.